The number of benzene rings is 1. The first kappa shape index (κ1) is 14.3. The molecule has 0 amide bonds. The van der Waals surface area contributed by atoms with Crippen molar-refractivity contribution >= 4 is 0 Å². The zero-order chi connectivity index (χ0) is 13.7. The fraction of sp³-hybridized carbons (Fsp3) is 0.600. The summed E-state index contributed by atoms with van der Waals surface area (Å²) in [5, 5.41) is 0. The Hall–Kier alpha value is -1.16. The number of ether oxygens (including phenoxy) is 1. The predicted molar refractivity (Wildman–Crippen MR) is 71.2 cm³/mol. The molecule has 2 nitrogen and oxygen atoms in total. The van der Waals surface area contributed by atoms with Crippen LogP contribution in [-0.2, 0) is 6.42 Å². The Balaban J connectivity index is 1.99. The molecule has 1 aliphatic rings. The maximum absolute atomic E-state index is 13.8. The van der Waals surface area contributed by atoms with E-state index in [2.05, 4.69) is 0 Å². The molecule has 1 saturated carbocycles. The summed E-state index contributed by atoms with van der Waals surface area (Å²) in [6, 6.07) is 2.62. The smallest absolute Gasteiger partial charge is 0.190 e. The maximum Gasteiger partial charge on any atom is 0.190 e. The zero-order valence-electron chi connectivity index (χ0n) is 11.1. The van der Waals surface area contributed by atoms with Gasteiger partial charge in [-0.1, -0.05) is 19.3 Å². The highest BCUT2D eigenvalue weighted by Gasteiger charge is 2.17. The highest BCUT2D eigenvalue weighted by molar-refractivity contribution is 5.31. The molecule has 1 aromatic rings. The van der Waals surface area contributed by atoms with Crippen molar-refractivity contribution in [2.45, 2.75) is 38.5 Å². The molecule has 1 fully saturated rings. The van der Waals surface area contributed by atoms with Crippen molar-refractivity contribution in [3.05, 3.63) is 29.3 Å². The van der Waals surface area contributed by atoms with Crippen molar-refractivity contribution in [2.24, 2.45) is 11.7 Å². The van der Waals surface area contributed by atoms with Crippen molar-refractivity contribution in [1.29, 1.82) is 0 Å². The molecule has 2 N–H and O–H groups in total. The maximum atomic E-state index is 13.8. The molecule has 0 aliphatic heterocycles. The van der Waals surface area contributed by atoms with Gasteiger partial charge >= 0.3 is 0 Å². The van der Waals surface area contributed by atoms with Crippen LogP contribution in [0.15, 0.2) is 12.1 Å². The summed E-state index contributed by atoms with van der Waals surface area (Å²) in [5.41, 5.74) is 5.95. The van der Waals surface area contributed by atoms with Crippen molar-refractivity contribution in [1.82, 2.24) is 0 Å². The Morgan fingerprint density at radius 1 is 1.11 bits per heavy atom. The average Bonchev–Trinajstić information content (AvgIpc) is 2.39. The summed E-state index contributed by atoms with van der Waals surface area (Å²) in [5.74, 6) is -1.07. The first-order valence-electron chi connectivity index (χ1n) is 7.01. The number of hydrogen-bond donors (Lipinski definition) is 1. The van der Waals surface area contributed by atoms with Crippen LogP contribution in [0.1, 0.15) is 37.7 Å². The summed E-state index contributed by atoms with van der Waals surface area (Å²) < 4.78 is 32.9. The molecule has 2 rings (SSSR count). The standard InChI is InChI=1S/C15H21F2NO/c16-13-8-12(6-7-18)9-14(17)15(13)19-10-11-4-2-1-3-5-11/h8-9,11H,1-7,10,18H2. The highest BCUT2D eigenvalue weighted by Crippen LogP contribution is 2.27. The van der Waals surface area contributed by atoms with Gasteiger partial charge in [-0.15, -0.1) is 0 Å². The van der Waals surface area contributed by atoms with Crippen LogP contribution in [0.2, 0.25) is 0 Å². The first-order chi connectivity index (χ1) is 9.20. The van der Waals surface area contributed by atoms with Crippen molar-refractivity contribution in [3.63, 3.8) is 0 Å². The van der Waals surface area contributed by atoms with Crippen LogP contribution in [0.5, 0.6) is 5.75 Å². The van der Waals surface area contributed by atoms with Crippen LogP contribution in [0.3, 0.4) is 0 Å². The lowest BCUT2D eigenvalue weighted by atomic mass is 9.90. The van der Waals surface area contributed by atoms with Gasteiger partial charge in [0.05, 0.1) is 6.61 Å². The minimum Gasteiger partial charge on any atom is -0.487 e. The molecule has 0 saturated heterocycles. The van der Waals surface area contributed by atoms with E-state index in [1.165, 1.54) is 31.4 Å². The van der Waals surface area contributed by atoms with Gasteiger partial charge in [0.25, 0.3) is 0 Å². The summed E-state index contributed by atoms with van der Waals surface area (Å²) in [4.78, 5) is 0. The number of rotatable bonds is 5. The fourth-order valence-electron chi connectivity index (χ4n) is 2.62. The molecule has 0 spiro atoms. The molecule has 4 heteroatoms. The van der Waals surface area contributed by atoms with Crippen molar-refractivity contribution in [3.8, 4) is 5.75 Å². The monoisotopic (exact) mass is 269 g/mol. The largest absolute Gasteiger partial charge is 0.487 e. The van der Waals surface area contributed by atoms with Crippen LogP contribution in [0.25, 0.3) is 0 Å². The van der Waals surface area contributed by atoms with Gasteiger partial charge in [-0.05, 0) is 49.4 Å². The molecule has 0 heterocycles. The lowest BCUT2D eigenvalue weighted by Crippen LogP contribution is -2.16. The molecule has 0 atom stereocenters. The van der Waals surface area contributed by atoms with Crippen molar-refractivity contribution in [2.75, 3.05) is 13.2 Å². The minimum atomic E-state index is -0.626. The van der Waals surface area contributed by atoms with Gasteiger partial charge in [-0.2, -0.15) is 0 Å². The Bertz CT molecular complexity index is 394. The van der Waals surface area contributed by atoms with Gasteiger partial charge in [-0.3, -0.25) is 0 Å². The number of hydrogen-bond acceptors (Lipinski definition) is 2. The molecule has 0 radical (unpaired) electrons. The normalized spacial score (nSPS) is 16.6. The van der Waals surface area contributed by atoms with Crippen LogP contribution in [0, 0.1) is 17.6 Å². The van der Waals surface area contributed by atoms with E-state index in [0.717, 1.165) is 12.8 Å². The third-order valence-electron chi connectivity index (χ3n) is 3.68. The van der Waals surface area contributed by atoms with E-state index in [1.807, 2.05) is 0 Å². The molecule has 0 aromatic heterocycles. The molecular weight excluding hydrogens is 248 g/mol. The topological polar surface area (TPSA) is 35.2 Å². The summed E-state index contributed by atoms with van der Waals surface area (Å²) in [6.45, 7) is 0.783. The van der Waals surface area contributed by atoms with E-state index in [4.69, 9.17) is 10.5 Å². The van der Waals surface area contributed by atoms with Gasteiger partial charge in [-0.25, -0.2) is 8.78 Å². The second-order valence-corrected chi connectivity index (χ2v) is 5.24. The molecular formula is C15H21F2NO. The molecule has 0 unspecified atom stereocenters. The SMILES string of the molecule is NCCc1cc(F)c(OCC2CCCCC2)c(F)c1. The number of nitrogens with two attached hydrogens (primary N) is 1. The third-order valence-corrected chi connectivity index (χ3v) is 3.68. The predicted octanol–water partition coefficient (Wildman–Crippen LogP) is 3.43. The molecule has 0 bridgehead atoms. The van der Waals surface area contributed by atoms with E-state index < -0.39 is 11.6 Å². The molecule has 1 aromatic carbocycles. The van der Waals surface area contributed by atoms with Crippen LogP contribution in [0.4, 0.5) is 8.78 Å². The Morgan fingerprint density at radius 2 is 1.74 bits per heavy atom. The Morgan fingerprint density at radius 3 is 2.32 bits per heavy atom. The number of halogens is 2. The van der Waals surface area contributed by atoms with E-state index in [-0.39, 0.29) is 5.75 Å². The quantitative estimate of drug-likeness (QED) is 0.889. The molecule has 19 heavy (non-hydrogen) atoms. The minimum absolute atomic E-state index is 0.244. The van der Waals surface area contributed by atoms with Gasteiger partial charge in [0, 0.05) is 0 Å². The van der Waals surface area contributed by atoms with Crippen LogP contribution >= 0.6 is 0 Å². The fourth-order valence-corrected chi connectivity index (χ4v) is 2.62. The first-order valence-corrected chi connectivity index (χ1v) is 7.01. The molecule has 106 valence electrons. The Labute approximate surface area is 112 Å². The zero-order valence-corrected chi connectivity index (χ0v) is 11.1. The Kier molecular flexibility index (Phi) is 5.14. The average molecular weight is 269 g/mol. The third kappa shape index (κ3) is 3.90. The van der Waals surface area contributed by atoms with Gasteiger partial charge in [0.1, 0.15) is 0 Å². The highest BCUT2D eigenvalue weighted by atomic mass is 19.1. The lowest BCUT2D eigenvalue weighted by molar-refractivity contribution is 0.195. The second-order valence-electron chi connectivity index (χ2n) is 5.24. The van der Waals surface area contributed by atoms with Gasteiger partial charge in [0.15, 0.2) is 17.4 Å². The van der Waals surface area contributed by atoms with E-state index in [9.17, 15) is 8.78 Å². The summed E-state index contributed by atoms with van der Waals surface area (Å²) in [6.07, 6.45) is 6.29. The summed E-state index contributed by atoms with van der Waals surface area (Å²) >= 11 is 0. The summed E-state index contributed by atoms with van der Waals surface area (Å²) in [7, 11) is 0. The molecule has 1 aliphatic carbocycles. The van der Waals surface area contributed by atoms with Crippen LogP contribution in [-0.4, -0.2) is 13.2 Å². The van der Waals surface area contributed by atoms with Crippen LogP contribution < -0.4 is 10.5 Å². The van der Waals surface area contributed by atoms with Crippen molar-refractivity contribution < 1.29 is 13.5 Å². The van der Waals surface area contributed by atoms with E-state index >= 15 is 0 Å². The second kappa shape index (κ2) is 6.85. The van der Waals surface area contributed by atoms with E-state index in [1.54, 1.807) is 0 Å². The van der Waals surface area contributed by atoms with Gasteiger partial charge in [0.2, 0.25) is 0 Å². The van der Waals surface area contributed by atoms with E-state index in [0.29, 0.717) is 31.1 Å². The lowest BCUT2D eigenvalue weighted by Gasteiger charge is -2.22. The van der Waals surface area contributed by atoms with Gasteiger partial charge < -0.3 is 10.5 Å².